The smallest absolute Gasteiger partial charge is 0.237 e. The van der Waals surface area contributed by atoms with Gasteiger partial charge in [-0.3, -0.25) is 4.79 Å². The van der Waals surface area contributed by atoms with Crippen molar-refractivity contribution in [2.75, 3.05) is 0 Å². The summed E-state index contributed by atoms with van der Waals surface area (Å²) in [5.41, 5.74) is 5.84. The van der Waals surface area contributed by atoms with Crippen LogP contribution in [0.25, 0.3) is 0 Å². The predicted octanol–water partition coefficient (Wildman–Crippen LogP) is 1.91. The van der Waals surface area contributed by atoms with E-state index in [9.17, 15) is 4.79 Å². The monoisotopic (exact) mass is 214 g/mol. The minimum atomic E-state index is -0.371. The van der Waals surface area contributed by atoms with Crippen LogP contribution >= 0.6 is 0 Å². The number of nitrogens with two attached hydrogens (primary N) is 1. The molecule has 0 aromatic heterocycles. The van der Waals surface area contributed by atoms with Crippen LogP contribution in [-0.4, -0.2) is 18.0 Å². The van der Waals surface area contributed by atoms with Gasteiger partial charge in [0.1, 0.15) is 0 Å². The maximum absolute atomic E-state index is 11.7. The summed E-state index contributed by atoms with van der Waals surface area (Å²) >= 11 is 0. The average molecular weight is 214 g/mol. The van der Waals surface area contributed by atoms with Crippen molar-refractivity contribution in [1.29, 1.82) is 0 Å². The Labute approximate surface area is 93.8 Å². The van der Waals surface area contributed by atoms with Crippen LogP contribution in [0.5, 0.6) is 0 Å². The van der Waals surface area contributed by atoms with Gasteiger partial charge in [0.25, 0.3) is 0 Å². The SMILES string of the molecule is CCC(C)[C@H](N)C(=O)NC(C)CC(C)C. The van der Waals surface area contributed by atoms with E-state index in [2.05, 4.69) is 26.1 Å². The number of hydrogen-bond donors (Lipinski definition) is 2. The third kappa shape index (κ3) is 5.78. The van der Waals surface area contributed by atoms with E-state index in [1.807, 2.05) is 13.8 Å². The molecule has 0 aliphatic carbocycles. The van der Waals surface area contributed by atoms with Crippen molar-refractivity contribution in [2.45, 2.75) is 59.5 Å². The van der Waals surface area contributed by atoms with Crippen molar-refractivity contribution in [3.05, 3.63) is 0 Å². The van der Waals surface area contributed by atoms with Crippen LogP contribution in [0, 0.1) is 11.8 Å². The molecule has 3 N–H and O–H groups in total. The van der Waals surface area contributed by atoms with Gasteiger partial charge >= 0.3 is 0 Å². The third-order valence-corrected chi connectivity index (χ3v) is 2.77. The van der Waals surface area contributed by atoms with Crippen molar-refractivity contribution in [3.63, 3.8) is 0 Å². The fourth-order valence-electron chi connectivity index (χ4n) is 1.62. The molecule has 0 saturated carbocycles. The molecular weight excluding hydrogens is 188 g/mol. The molecule has 0 aromatic carbocycles. The fourth-order valence-corrected chi connectivity index (χ4v) is 1.62. The molecule has 3 nitrogen and oxygen atoms in total. The van der Waals surface area contributed by atoms with Gasteiger partial charge in [0.2, 0.25) is 5.91 Å². The highest BCUT2D eigenvalue weighted by Crippen LogP contribution is 2.07. The van der Waals surface area contributed by atoms with Crippen LogP contribution in [0.1, 0.15) is 47.5 Å². The Morgan fingerprint density at radius 1 is 1.27 bits per heavy atom. The first kappa shape index (κ1) is 14.4. The number of carbonyl (C=O) groups is 1. The van der Waals surface area contributed by atoms with Gasteiger partial charge in [-0.15, -0.1) is 0 Å². The number of carbonyl (C=O) groups excluding carboxylic acids is 1. The Morgan fingerprint density at radius 3 is 2.20 bits per heavy atom. The lowest BCUT2D eigenvalue weighted by Crippen LogP contribution is -2.47. The normalized spacial score (nSPS) is 17.3. The van der Waals surface area contributed by atoms with Gasteiger partial charge in [0.15, 0.2) is 0 Å². The van der Waals surface area contributed by atoms with Gasteiger partial charge in [0, 0.05) is 6.04 Å². The Morgan fingerprint density at radius 2 is 1.80 bits per heavy atom. The van der Waals surface area contributed by atoms with Crippen molar-refractivity contribution in [2.24, 2.45) is 17.6 Å². The molecule has 0 aliphatic heterocycles. The fraction of sp³-hybridized carbons (Fsp3) is 0.917. The molecule has 0 spiro atoms. The second-order valence-electron chi connectivity index (χ2n) is 4.95. The lowest BCUT2D eigenvalue weighted by molar-refractivity contribution is -0.124. The standard InChI is InChI=1S/C12H26N2O/c1-6-9(4)11(13)12(15)14-10(5)7-8(2)3/h8-11H,6-7,13H2,1-5H3,(H,14,15)/t9?,10?,11-/m0/s1. The van der Waals surface area contributed by atoms with E-state index < -0.39 is 0 Å². The molecule has 0 radical (unpaired) electrons. The van der Waals surface area contributed by atoms with Gasteiger partial charge < -0.3 is 11.1 Å². The molecule has 0 heterocycles. The number of hydrogen-bond acceptors (Lipinski definition) is 2. The van der Waals surface area contributed by atoms with Gasteiger partial charge in [-0.2, -0.15) is 0 Å². The molecule has 15 heavy (non-hydrogen) atoms. The van der Waals surface area contributed by atoms with Crippen LogP contribution in [0.4, 0.5) is 0 Å². The molecule has 0 saturated heterocycles. The number of nitrogens with one attached hydrogen (secondary N) is 1. The van der Waals surface area contributed by atoms with Crippen LogP contribution in [0.2, 0.25) is 0 Å². The summed E-state index contributed by atoms with van der Waals surface area (Å²) in [6.45, 7) is 10.4. The molecule has 0 aromatic rings. The Hall–Kier alpha value is -0.570. The van der Waals surface area contributed by atoms with Crippen LogP contribution in [0.3, 0.4) is 0 Å². The van der Waals surface area contributed by atoms with Crippen LogP contribution in [0.15, 0.2) is 0 Å². The molecule has 3 atom stereocenters. The summed E-state index contributed by atoms with van der Waals surface area (Å²) in [4.78, 5) is 11.7. The molecule has 0 rings (SSSR count). The molecule has 1 amide bonds. The molecule has 90 valence electrons. The molecule has 2 unspecified atom stereocenters. The number of rotatable bonds is 6. The third-order valence-electron chi connectivity index (χ3n) is 2.77. The summed E-state index contributed by atoms with van der Waals surface area (Å²) in [5.74, 6) is 0.828. The Balaban J connectivity index is 4.01. The first-order valence-electron chi connectivity index (χ1n) is 5.94. The summed E-state index contributed by atoms with van der Waals surface area (Å²) in [5, 5.41) is 2.96. The predicted molar refractivity (Wildman–Crippen MR) is 64.5 cm³/mol. The lowest BCUT2D eigenvalue weighted by atomic mass is 9.98. The average Bonchev–Trinajstić information content (AvgIpc) is 2.13. The summed E-state index contributed by atoms with van der Waals surface area (Å²) in [7, 11) is 0. The van der Waals surface area contributed by atoms with Crippen LogP contribution < -0.4 is 11.1 Å². The molecule has 0 bridgehead atoms. The van der Waals surface area contributed by atoms with Crippen molar-refractivity contribution in [1.82, 2.24) is 5.32 Å². The molecule has 0 fully saturated rings. The second-order valence-corrected chi connectivity index (χ2v) is 4.95. The van der Waals surface area contributed by atoms with Gasteiger partial charge in [-0.1, -0.05) is 34.1 Å². The van der Waals surface area contributed by atoms with Crippen molar-refractivity contribution in [3.8, 4) is 0 Å². The van der Waals surface area contributed by atoms with E-state index in [4.69, 9.17) is 5.73 Å². The van der Waals surface area contributed by atoms with E-state index in [0.717, 1.165) is 12.8 Å². The first-order chi connectivity index (χ1) is 6.88. The topological polar surface area (TPSA) is 55.1 Å². The van der Waals surface area contributed by atoms with Crippen molar-refractivity contribution < 1.29 is 4.79 Å². The highest BCUT2D eigenvalue weighted by atomic mass is 16.2. The molecular formula is C12H26N2O. The van der Waals surface area contributed by atoms with E-state index in [0.29, 0.717) is 5.92 Å². The Kier molecular flexibility index (Phi) is 6.57. The maximum atomic E-state index is 11.7. The van der Waals surface area contributed by atoms with Crippen molar-refractivity contribution >= 4 is 5.91 Å². The lowest BCUT2D eigenvalue weighted by Gasteiger charge is -2.22. The second kappa shape index (κ2) is 6.83. The van der Waals surface area contributed by atoms with E-state index in [1.54, 1.807) is 0 Å². The van der Waals surface area contributed by atoms with Gasteiger partial charge in [-0.05, 0) is 25.2 Å². The zero-order valence-electron chi connectivity index (χ0n) is 10.7. The summed E-state index contributed by atoms with van der Waals surface area (Å²) in [6, 6.07) is -0.155. The van der Waals surface area contributed by atoms with E-state index in [-0.39, 0.29) is 23.9 Å². The molecule has 0 aliphatic rings. The minimum Gasteiger partial charge on any atom is -0.352 e. The maximum Gasteiger partial charge on any atom is 0.237 e. The Bertz CT molecular complexity index is 192. The largest absolute Gasteiger partial charge is 0.352 e. The van der Waals surface area contributed by atoms with Gasteiger partial charge in [-0.25, -0.2) is 0 Å². The van der Waals surface area contributed by atoms with E-state index >= 15 is 0 Å². The zero-order chi connectivity index (χ0) is 12.0. The highest BCUT2D eigenvalue weighted by molar-refractivity contribution is 5.82. The highest BCUT2D eigenvalue weighted by Gasteiger charge is 2.20. The first-order valence-corrected chi connectivity index (χ1v) is 5.94. The quantitative estimate of drug-likeness (QED) is 0.709. The number of amides is 1. The molecule has 3 heteroatoms. The van der Waals surface area contributed by atoms with E-state index in [1.165, 1.54) is 0 Å². The zero-order valence-corrected chi connectivity index (χ0v) is 10.7. The van der Waals surface area contributed by atoms with Gasteiger partial charge in [0.05, 0.1) is 6.04 Å². The summed E-state index contributed by atoms with van der Waals surface area (Å²) in [6.07, 6.45) is 1.94. The summed E-state index contributed by atoms with van der Waals surface area (Å²) < 4.78 is 0. The minimum absolute atomic E-state index is 0.0162. The van der Waals surface area contributed by atoms with Crippen LogP contribution in [-0.2, 0) is 4.79 Å².